The molecule has 1 unspecified atom stereocenters. The smallest absolute Gasteiger partial charge is 0.0683 e. The first kappa shape index (κ1) is 35.9. The van der Waals surface area contributed by atoms with E-state index in [2.05, 4.69) is 252 Å². The van der Waals surface area contributed by atoms with Crippen molar-refractivity contribution in [3.63, 3.8) is 0 Å². The number of hydrogen-bond donors (Lipinski definition) is 0. The van der Waals surface area contributed by atoms with Gasteiger partial charge in [0.2, 0.25) is 0 Å². The molecule has 0 fully saturated rings. The van der Waals surface area contributed by atoms with E-state index in [1.807, 2.05) is 0 Å². The molecule has 0 amide bonds. The second-order valence-corrected chi connectivity index (χ2v) is 17.3. The van der Waals surface area contributed by atoms with Crippen molar-refractivity contribution in [2.45, 2.75) is 17.3 Å². The molecule has 0 aliphatic rings. The second kappa shape index (κ2) is 14.8. The molecular weight excluding hydrogens is 818 g/mol. The van der Waals surface area contributed by atoms with E-state index in [-0.39, 0.29) is 0 Å². The van der Waals surface area contributed by atoms with Gasteiger partial charge in [0.25, 0.3) is 0 Å². The molecule has 0 spiro atoms. The van der Waals surface area contributed by atoms with Crippen LogP contribution in [0.2, 0.25) is 0 Å². The van der Waals surface area contributed by atoms with Crippen LogP contribution >= 0.6 is 22.6 Å². The first-order chi connectivity index (χ1) is 28.4. The Balaban J connectivity index is 1.25. The van der Waals surface area contributed by atoms with Gasteiger partial charge >= 0.3 is 0 Å². The molecule has 0 saturated carbocycles. The summed E-state index contributed by atoms with van der Waals surface area (Å²) in [5.41, 5.74) is 14.4. The SMILES string of the molecule is C/C(=N\C(=C/C(C)(I)c1ccc(-c2ccccc2)cc1)c1cc(-n2c3ccccc3c3ccccc32)cc(-n2c3ccccc3c3ccccc32)c1)c1ccccc1. The Kier molecular flexibility index (Phi) is 9.14. The molecular formula is C54H40IN3. The van der Waals surface area contributed by atoms with Crippen LogP contribution in [0.25, 0.3) is 71.8 Å². The topological polar surface area (TPSA) is 22.2 Å². The van der Waals surface area contributed by atoms with Crippen LogP contribution in [0.15, 0.2) is 211 Å². The van der Waals surface area contributed by atoms with Gasteiger partial charge in [0.05, 0.1) is 31.2 Å². The van der Waals surface area contributed by atoms with Crippen molar-refractivity contribution in [3.8, 4) is 22.5 Å². The standard InChI is InChI=1S/C54H40IN3/c1-37(38-17-5-3-6-18-38)56-49(36-54(2,55)42-31-29-40(30-32-42)39-19-7-4-8-20-39)41-33-43(57-50-25-13-9-21-45(50)46-22-10-14-26-51(46)57)35-44(34-41)58-52-27-15-11-23-47(52)48-24-12-16-28-53(48)58/h3-36H,1-2H3/b49-36-,56-37+. The fourth-order valence-electron chi connectivity index (χ4n) is 8.47. The lowest BCUT2D eigenvalue weighted by Crippen LogP contribution is -2.10. The molecule has 0 saturated heterocycles. The van der Waals surface area contributed by atoms with Gasteiger partial charge in [-0.3, -0.25) is 4.99 Å². The van der Waals surface area contributed by atoms with Crippen molar-refractivity contribution >= 4 is 77.6 Å². The van der Waals surface area contributed by atoms with Crippen LogP contribution in [0.1, 0.15) is 30.5 Å². The van der Waals surface area contributed by atoms with Crippen LogP contribution in [0, 0.1) is 0 Å². The molecule has 278 valence electrons. The van der Waals surface area contributed by atoms with Gasteiger partial charge in [-0.15, -0.1) is 0 Å². The maximum Gasteiger partial charge on any atom is 0.0683 e. The largest absolute Gasteiger partial charge is 0.309 e. The Morgan fingerprint density at radius 3 is 1.33 bits per heavy atom. The zero-order valence-electron chi connectivity index (χ0n) is 32.3. The van der Waals surface area contributed by atoms with Crippen LogP contribution in [0.4, 0.5) is 0 Å². The number of aromatic nitrogens is 2. The number of allylic oxidation sites excluding steroid dienone is 1. The molecule has 1 atom stereocenters. The number of benzene rings is 8. The van der Waals surface area contributed by atoms with E-state index in [1.54, 1.807) is 0 Å². The predicted molar refractivity (Wildman–Crippen MR) is 255 cm³/mol. The zero-order valence-corrected chi connectivity index (χ0v) is 34.5. The van der Waals surface area contributed by atoms with E-state index in [9.17, 15) is 0 Å². The van der Waals surface area contributed by atoms with Crippen molar-refractivity contribution in [2.24, 2.45) is 4.99 Å². The number of aliphatic imine (C=N–C) groups is 1. The van der Waals surface area contributed by atoms with E-state index >= 15 is 0 Å². The van der Waals surface area contributed by atoms with Gasteiger partial charge < -0.3 is 9.13 Å². The Hall–Kier alpha value is -6.50. The maximum atomic E-state index is 5.54. The third-order valence-electron chi connectivity index (χ3n) is 11.3. The highest BCUT2D eigenvalue weighted by Gasteiger charge is 2.24. The highest BCUT2D eigenvalue weighted by Crippen LogP contribution is 2.41. The lowest BCUT2D eigenvalue weighted by molar-refractivity contribution is 0.926. The molecule has 2 aromatic heterocycles. The molecule has 10 aromatic rings. The summed E-state index contributed by atoms with van der Waals surface area (Å²) in [5, 5.41) is 4.92. The van der Waals surface area contributed by atoms with Gasteiger partial charge in [-0.25, -0.2) is 0 Å². The zero-order chi connectivity index (χ0) is 39.2. The Labute approximate surface area is 352 Å². The van der Waals surface area contributed by atoms with Gasteiger partial charge in [-0.1, -0.05) is 180 Å². The lowest BCUT2D eigenvalue weighted by atomic mass is 9.95. The quantitative estimate of drug-likeness (QED) is 0.0825. The van der Waals surface area contributed by atoms with E-state index in [4.69, 9.17) is 4.99 Å². The average Bonchev–Trinajstić information content (AvgIpc) is 3.80. The van der Waals surface area contributed by atoms with Crippen LogP contribution in [-0.2, 0) is 3.42 Å². The number of fused-ring (bicyclic) bond motifs is 6. The third-order valence-corrected chi connectivity index (χ3v) is 12.3. The number of rotatable bonds is 8. The number of halogens is 1. The van der Waals surface area contributed by atoms with E-state index < -0.39 is 3.42 Å². The lowest BCUT2D eigenvalue weighted by Gasteiger charge is -2.22. The number of nitrogens with zero attached hydrogens (tertiary/aromatic N) is 3. The molecule has 0 bridgehead atoms. The molecule has 4 heteroatoms. The van der Waals surface area contributed by atoms with Crippen LogP contribution in [0.5, 0.6) is 0 Å². The number of alkyl halides is 1. The summed E-state index contributed by atoms with van der Waals surface area (Å²) in [6.07, 6.45) is 2.35. The summed E-state index contributed by atoms with van der Waals surface area (Å²) in [6.45, 7) is 4.40. The monoisotopic (exact) mass is 857 g/mol. The minimum absolute atomic E-state index is 0.390. The molecule has 10 rings (SSSR count). The van der Waals surface area contributed by atoms with Gasteiger partial charge in [0, 0.05) is 44.2 Å². The van der Waals surface area contributed by atoms with Crippen LogP contribution in [-0.4, -0.2) is 14.8 Å². The van der Waals surface area contributed by atoms with E-state index in [0.717, 1.165) is 33.9 Å². The highest BCUT2D eigenvalue weighted by atomic mass is 127. The summed E-state index contributed by atoms with van der Waals surface area (Å²) in [6, 6.07) is 72.0. The van der Waals surface area contributed by atoms with Gasteiger partial charge in [-0.05, 0) is 84.6 Å². The van der Waals surface area contributed by atoms with Gasteiger partial charge in [0.1, 0.15) is 0 Å². The highest BCUT2D eigenvalue weighted by molar-refractivity contribution is 14.1. The summed E-state index contributed by atoms with van der Waals surface area (Å²) in [5.74, 6) is 0. The average molecular weight is 858 g/mol. The van der Waals surface area contributed by atoms with Crippen LogP contribution in [0.3, 0.4) is 0 Å². The molecule has 3 nitrogen and oxygen atoms in total. The Bertz CT molecular complexity index is 2950. The molecule has 0 aliphatic carbocycles. The minimum atomic E-state index is -0.390. The van der Waals surface area contributed by atoms with Gasteiger partial charge in [-0.2, -0.15) is 0 Å². The van der Waals surface area contributed by atoms with Crippen molar-refractivity contribution < 1.29 is 0 Å². The summed E-state index contributed by atoms with van der Waals surface area (Å²) < 4.78 is 4.45. The van der Waals surface area contributed by atoms with Crippen molar-refractivity contribution in [3.05, 3.63) is 223 Å². The van der Waals surface area contributed by atoms with Crippen molar-refractivity contribution in [1.82, 2.24) is 9.13 Å². The number of hydrogen-bond acceptors (Lipinski definition) is 1. The minimum Gasteiger partial charge on any atom is -0.309 e. The third kappa shape index (κ3) is 6.44. The van der Waals surface area contributed by atoms with Gasteiger partial charge in [0.15, 0.2) is 0 Å². The molecule has 0 aliphatic heterocycles. The first-order valence-corrected chi connectivity index (χ1v) is 20.8. The molecule has 0 N–H and O–H groups in total. The van der Waals surface area contributed by atoms with Crippen LogP contribution < -0.4 is 0 Å². The second-order valence-electron chi connectivity index (χ2n) is 15.1. The van der Waals surface area contributed by atoms with E-state index in [1.165, 1.54) is 60.3 Å². The van der Waals surface area contributed by atoms with Crippen molar-refractivity contribution in [2.75, 3.05) is 0 Å². The number of para-hydroxylation sites is 4. The van der Waals surface area contributed by atoms with Crippen molar-refractivity contribution in [1.29, 1.82) is 0 Å². The fraction of sp³-hybridized carbons (Fsp3) is 0.0556. The molecule has 8 aromatic carbocycles. The first-order valence-electron chi connectivity index (χ1n) is 19.7. The summed E-state index contributed by atoms with van der Waals surface area (Å²) >= 11 is 2.60. The summed E-state index contributed by atoms with van der Waals surface area (Å²) in [4.78, 5) is 5.54. The normalized spacial score (nSPS) is 13.4. The van der Waals surface area contributed by atoms with E-state index in [0.29, 0.717) is 0 Å². The Morgan fingerprint density at radius 1 is 0.466 bits per heavy atom. The molecule has 58 heavy (non-hydrogen) atoms. The predicted octanol–water partition coefficient (Wildman–Crippen LogP) is 14.7. The molecule has 2 heterocycles. The summed E-state index contributed by atoms with van der Waals surface area (Å²) in [7, 11) is 0. The Morgan fingerprint density at radius 2 is 0.862 bits per heavy atom. The molecule has 0 radical (unpaired) electrons. The maximum absolute atomic E-state index is 5.54. The fourth-order valence-corrected chi connectivity index (χ4v) is 9.12.